The monoisotopic (exact) mass is 323 g/mol. The van der Waals surface area contributed by atoms with Crippen molar-refractivity contribution in [1.29, 1.82) is 0 Å². The minimum atomic E-state index is -1.01. The zero-order valence-electron chi connectivity index (χ0n) is 11.6. The van der Waals surface area contributed by atoms with E-state index >= 15 is 0 Å². The van der Waals surface area contributed by atoms with Gasteiger partial charge >= 0.3 is 0 Å². The fraction of sp³-hybridized carbons (Fsp3) is 0.250. The predicted molar refractivity (Wildman–Crippen MR) is 87.2 cm³/mol. The first kappa shape index (κ1) is 16.0. The van der Waals surface area contributed by atoms with Crippen LogP contribution in [0.3, 0.4) is 0 Å². The molecule has 0 radical (unpaired) electrons. The standard InChI is InChI=1S/C16H18ClNO2S/c17-14-5-7-16(8-6-14)21(19)10-2-9-20-15-4-1-3-13(11-15)12-18/h1,3-8,11H,2,9-10,12,18H2. The highest BCUT2D eigenvalue weighted by molar-refractivity contribution is 7.85. The Balaban J connectivity index is 1.76. The molecule has 21 heavy (non-hydrogen) atoms. The molecule has 0 aliphatic heterocycles. The Bertz CT molecular complexity index is 601. The Kier molecular flexibility index (Phi) is 6.23. The van der Waals surface area contributed by atoms with Crippen LogP contribution in [-0.4, -0.2) is 16.6 Å². The van der Waals surface area contributed by atoms with E-state index in [1.807, 2.05) is 24.3 Å². The quantitative estimate of drug-likeness (QED) is 0.795. The van der Waals surface area contributed by atoms with Crippen molar-refractivity contribution >= 4 is 22.4 Å². The molecule has 2 aromatic carbocycles. The molecule has 0 spiro atoms. The summed E-state index contributed by atoms with van der Waals surface area (Å²) in [4.78, 5) is 0.796. The van der Waals surface area contributed by atoms with E-state index in [2.05, 4.69) is 0 Å². The van der Waals surface area contributed by atoms with E-state index in [0.717, 1.165) is 22.6 Å². The van der Waals surface area contributed by atoms with E-state index in [9.17, 15) is 4.21 Å². The zero-order valence-corrected chi connectivity index (χ0v) is 13.2. The van der Waals surface area contributed by atoms with Gasteiger partial charge < -0.3 is 10.5 Å². The van der Waals surface area contributed by atoms with E-state index in [0.29, 0.717) is 23.9 Å². The van der Waals surface area contributed by atoms with Gasteiger partial charge in [-0.2, -0.15) is 0 Å². The van der Waals surface area contributed by atoms with Crippen LogP contribution in [0, 0.1) is 0 Å². The Morgan fingerprint density at radius 3 is 2.62 bits per heavy atom. The van der Waals surface area contributed by atoms with Gasteiger partial charge in [-0.15, -0.1) is 0 Å². The molecule has 0 aliphatic rings. The summed E-state index contributed by atoms with van der Waals surface area (Å²) in [6.45, 7) is 1.03. The van der Waals surface area contributed by atoms with Gasteiger partial charge in [0.2, 0.25) is 0 Å². The number of ether oxygens (including phenoxy) is 1. The van der Waals surface area contributed by atoms with Crippen molar-refractivity contribution in [3.05, 3.63) is 59.1 Å². The van der Waals surface area contributed by atoms with Crippen molar-refractivity contribution in [1.82, 2.24) is 0 Å². The Morgan fingerprint density at radius 2 is 1.90 bits per heavy atom. The summed E-state index contributed by atoms with van der Waals surface area (Å²) in [6.07, 6.45) is 0.724. The minimum absolute atomic E-state index is 0.498. The third-order valence-corrected chi connectivity index (χ3v) is 4.66. The van der Waals surface area contributed by atoms with Gasteiger partial charge in [0.15, 0.2) is 0 Å². The average molecular weight is 324 g/mol. The van der Waals surface area contributed by atoms with Crippen LogP contribution < -0.4 is 10.5 Å². The maximum absolute atomic E-state index is 12.1. The molecule has 2 N–H and O–H groups in total. The van der Waals surface area contributed by atoms with Crippen LogP contribution in [0.1, 0.15) is 12.0 Å². The van der Waals surface area contributed by atoms with Gasteiger partial charge in [-0.05, 0) is 48.4 Å². The van der Waals surface area contributed by atoms with Crippen molar-refractivity contribution < 1.29 is 8.95 Å². The molecule has 0 saturated carbocycles. The highest BCUT2D eigenvalue weighted by Gasteiger charge is 2.04. The molecule has 112 valence electrons. The van der Waals surface area contributed by atoms with Gasteiger partial charge in [0.25, 0.3) is 0 Å². The fourth-order valence-corrected chi connectivity index (χ4v) is 3.03. The first-order valence-electron chi connectivity index (χ1n) is 6.75. The molecule has 0 aromatic heterocycles. The van der Waals surface area contributed by atoms with Gasteiger partial charge in [-0.1, -0.05) is 23.7 Å². The van der Waals surface area contributed by atoms with Crippen LogP contribution in [0.4, 0.5) is 0 Å². The lowest BCUT2D eigenvalue weighted by Gasteiger charge is -2.07. The van der Waals surface area contributed by atoms with Crippen LogP contribution in [0.5, 0.6) is 5.75 Å². The van der Waals surface area contributed by atoms with Crippen molar-refractivity contribution in [2.45, 2.75) is 17.9 Å². The summed E-state index contributed by atoms with van der Waals surface area (Å²) < 4.78 is 17.7. The molecule has 0 amide bonds. The van der Waals surface area contributed by atoms with Crippen molar-refractivity contribution in [3.8, 4) is 5.75 Å². The summed E-state index contributed by atoms with van der Waals surface area (Å²) in [5.74, 6) is 1.37. The molecule has 3 nitrogen and oxygen atoms in total. The molecule has 1 unspecified atom stereocenters. The van der Waals surface area contributed by atoms with E-state index in [1.54, 1.807) is 24.3 Å². The SMILES string of the molecule is NCc1cccc(OCCCS(=O)c2ccc(Cl)cc2)c1. The highest BCUT2D eigenvalue weighted by atomic mass is 35.5. The number of nitrogens with two attached hydrogens (primary N) is 1. The topological polar surface area (TPSA) is 52.3 Å². The van der Waals surface area contributed by atoms with Gasteiger partial charge in [0, 0.05) is 22.2 Å². The molecule has 0 heterocycles. The second kappa shape index (κ2) is 8.17. The lowest BCUT2D eigenvalue weighted by molar-refractivity contribution is 0.318. The summed E-state index contributed by atoms with van der Waals surface area (Å²) in [7, 11) is -1.01. The average Bonchev–Trinajstić information content (AvgIpc) is 2.52. The Labute approximate surface area is 132 Å². The predicted octanol–water partition coefficient (Wildman–Crippen LogP) is 3.38. The summed E-state index contributed by atoms with van der Waals surface area (Å²) in [5.41, 5.74) is 6.62. The summed E-state index contributed by atoms with van der Waals surface area (Å²) >= 11 is 5.81. The van der Waals surface area contributed by atoms with Gasteiger partial charge in [0.1, 0.15) is 5.75 Å². The molecule has 0 fully saturated rings. The number of halogens is 1. The van der Waals surface area contributed by atoms with Gasteiger partial charge in [0.05, 0.1) is 17.4 Å². The first-order valence-corrected chi connectivity index (χ1v) is 8.44. The Morgan fingerprint density at radius 1 is 1.14 bits per heavy atom. The second-order valence-electron chi connectivity index (χ2n) is 4.56. The molecular weight excluding hydrogens is 306 g/mol. The Hall–Kier alpha value is -1.36. The second-order valence-corrected chi connectivity index (χ2v) is 6.56. The summed E-state index contributed by atoms with van der Waals surface area (Å²) in [6, 6.07) is 14.8. The minimum Gasteiger partial charge on any atom is -0.494 e. The number of hydrogen-bond acceptors (Lipinski definition) is 3. The van der Waals surface area contributed by atoms with Crippen molar-refractivity contribution in [3.63, 3.8) is 0 Å². The molecule has 0 bridgehead atoms. The maximum Gasteiger partial charge on any atom is 0.119 e. The number of rotatable bonds is 7. The van der Waals surface area contributed by atoms with E-state index in [1.165, 1.54) is 0 Å². The molecule has 2 rings (SSSR count). The van der Waals surface area contributed by atoms with Crippen LogP contribution in [-0.2, 0) is 17.3 Å². The normalized spacial score (nSPS) is 12.1. The fourth-order valence-electron chi connectivity index (χ4n) is 1.85. The number of hydrogen-bond donors (Lipinski definition) is 1. The van der Waals surface area contributed by atoms with E-state index in [-0.39, 0.29) is 0 Å². The largest absolute Gasteiger partial charge is 0.494 e. The molecule has 0 saturated heterocycles. The molecule has 1 atom stereocenters. The van der Waals surface area contributed by atoms with E-state index in [4.69, 9.17) is 22.1 Å². The molecule has 0 aliphatic carbocycles. The third kappa shape index (κ3) is 5.16. The molecular formula is C16H18ClNO2S. The smallest absolute Gasteiger partial charge is 0.119 e. The van der Waals surface area contributed by atoms with Crippen molar-refractivity contribution in [2.75, 3.05) is 12.4 Å². The van der Waals surface area contributed by atoms with Crippen molar-refractivity contribution in [2.24, 2.45) is 5.73 Å². The van der Waals surface area contributed by atoms with Crippen LogP contribution in [0.2, 0.25) is 5.02 Å². The molecule has 2 aromatic rings. The summed E-state index contributed by atoms with van der Waals surface area (Å²) in [5, 5.41) is 0.652. The van der Waals surface area contributed by atoms with Crippen LogP contribution >= 0.6 is 11.6 Å². The van der Waals surface area contributed by atoms with Gasteiger partial charge in [-0.25, -0.2) is 0 Å². The van der Waals surface area contributed by atoms with Gasteiger partial charge in [-0.3, -0.25) is 4.21 Å². The number of benzene rings is 2. The third-order valence-electron chi connectivity index (χ3n) is 2.95. The lowest BCUT2D eigenvalue weighted by atomic mass is 10.2. The zero-order chi connectivity index (χ0) is 15.1. The van der Waals surface area contributed by atoms with Crippen LogP contribution in [0.15, 0.2) is 53.4 Å². The maximum atomic E-state index is 12.1. The first-order chi connectivity index (χ1) is 10.2. The lowest BCUT2D eigenvalue weighted by Crippen LogP contribution is -2.05. The molecule has 5 heteroatoms. The van der Waals surface area contributed by atoms with E-state index < -0.39 is 10.8 Å². The van der Waals surface area contributed by atoms with Crippen LogP contribution in [0.25, 0.3) is 0 Å². The highest BCUT2D eigenvalue weighted by Crippen LogP contribution is 2.15.